The number of ether oxygens (including phenoxy) is 2. The number of unbranched alkanes of at least 4 members (excludes halogenated alkanes) is 28. The van der Waals surface area contributed by atoms with Gasteiger partial charge in [0.15, 0.2) is 0 Å². The maximum absolute atomic E-state index is 12.6. The smallest absolute Gasteiger partial charge is 0.323 e. The SMILES string of the molecule is CCCCCCCCCCC(C(=O)OC)N1CCN(C(CCCCCCCCCC)C(=O)OC)CC1.CCCCCCCCCCC(CO)N1CCN(C(CO)CCCCCCCCCC)CC1. The molecule has 2 fully saturated rings. The van der Waals surface area contributed by atoms with Gasteiger partial charge < -0.3 is 19.7 Å². The van der Waals surface area contributed by atoms with Crippen LogP contribution in [0, 0.1) is 0 Å². The molecule has 0 saturated carbocycles. The lowest BCUT2D eigenvalue weighted by Gasteiger charge is -2.41. The molecule has 4 atom stereocenters. The lowest BCUT2D eigenvalue weighted by molar-refractivity contribution is -0.152. The van der Waals surface area contributed by atoms with Gasteiger partial charge in [-0.3, -0.25) is 29.2 Å². The molecule has 2 saturated heterocycles. The Bertz CT molecular complexity index is 1020. The molecule has 10 nitrogen and oxygen atoms in total. The van der Waals surface area contributed by atoms with Crippen LogP contribution in [0.2, 0.25) is 0 Å². The van der Waals surface area contributed by atoms with E-state index < -0.39 is 0 Å². The molecule has 10 heteroatoms. The number of rotatable bonds is 44. The van der Waals surface area contributed by atoms with Gasteiger partial charge in [-0.2, -0.15) is 0 Å². The van der Waals surface area contributed by atoms with Gasteiger partial charge in [-0.25, -0.2) is 0 Å². The van der Waals surface area contributed by atoms with Gasteiger partial charge in [0.05, 0.1) is 27.4 Å². The summed E-state index contributed by atoms with van der Waals surface area (Å²) >= 11 is 0. The Morgan fingerprint density at radius 1 is 0.338 bits per heavy atom. The minimum Gasteiger partial charge on any atom is -0.468 e. The van der Waals surface area contributed by atoms with Crippen LogP contribution in [-0.4, -0.2) is 146 Å². The lowest BCUT2D eigenvalue weighted by Crippen LogP contribution is -2.56. The molecule has 0 spiro atoms. The Kier molecular flexibility index (Phi) is 44.5. The van der Waals surface area contributed by atoms with Crippen LogP contribution in [-0.2, 0) is 19.1 Å². The van der Waals surface area contributed by atoms with Gasteiger partial charge in [0.2, 0.25) is 0 Å². The molecule has 2 heterocycles. The van der Waals surface area contributed by atoms with Crippen molar-refractivity contribution in [2.24, 2.45) is 0 Å². The van der Waals surface area contributed by atoms with Crippen LogP contribution in [0.1, 0.15) is 259 Å². The van der Waals surface area contributed by atoms with E-state index in [-0.39, 0.29) is 37.2 Å². The number of carbonyl (C=O) groups is 2. The molecule has 0 aliphatic carbocycles. The minimum atomic E-state index is -0.165. The zero-order valence-corrected chi connectivity index (χ0v) is 46.2. The van der Waals surface area contributed by atoms with E-state index in [9.17, 15) is 19.8 Å². The molecule has 68 heavy (non-hydrogen) atoms. The second-order valence-corrected chi connectivity index (χ2v) is 20.9. The quantitative estimate of drug-likeness (QED) is 0.0453. The predicted octanol–water partition coefficient (Wildman–Crippen LogP) is 13.1. The van der Waals surface area contributed by atoms with E-state index in [1.807, 2.05) is 0 Å². The Balaban J connectivity index is 0.000000685. The summed E-state index contributed by atoms with van der Waals surface area (Å²) in [6.07, 6.45) is 45.8. The van der Waals surface area contributed by atoms with Crippen molar-refractivity contribution in [3.05, 3.63) is 0 Å². The third kappa shape index (κ3) is 31.9. The number of aliphatic hydroxyl groups excluding tert-OH is 2. The summed E-state index contributed by atoms with van der Waals surface area (Å²) in [5.41, 5.74) is 0. The molecule has 0 aromatic heterocycles. The third-order valence-corrected chi connectivity index (χ3v) is 15.4. The highest BCUT2D eigenvalue weighted by Crippen LogP contribution is 2.22. The molecular weight excluding hydrogens is 849 g/mol. The summed E-state index contributed by atoms with van der Waals surface area (Å²) in [7, 11) is 2.99. The summed E-state index contributed by atoms with van der Waals surface area (Å²) in [5.74, 6) is -0.232. The summed E-state index contributed by atoms with van der Waals surface area (Å²) < 4.78 is 10.3. The molecule has 0 aromatic rings. The average molecular weight is 966 g/mol. The predicted molar refractivity (Wildman–Crippen MR) is 289 cm³/mol. The van der Waals surface area contributed by atoms with Crippen LogP contribution >= 0.6 is 0 Å². The van der Waals surface area contributed by atoms with Crippen molar-refractivity contribution in [3.63, 3.8) is 0 Å². The van der Waals surface area contributed by atoms with Crippen LogP contribution in [0.15, 0.2) is 0 Å². The van der Waals surface area contributed by atoms with Crippen LogP contribution in [0.25, 0.3) is 0 Å². The van der Waals surface area contributed by atoms with Crippen molar-refractivity contribution < 1.29 is 29.3 Å². The highest BCUT2D eigenvalue weighted by Gasteiger charge is 2.34. The largest absolute Gasteiger partial charge is 0.468 e. The van der Waals surface area contributed by atoms with Crippen molar-refractivity contribution in [1.29, 1.82) is 0 Å². The molecule has 0 aromatic carbocycles. The monoisotopic (exact) mass is 965 g/mol. The Labute approximate surface area is 422 Å². The van der Waals surface area contributed by atoms with Crippen molar-refractivity contribution in [2.75, 3.05) is 79.8 Å². The molecule has 0 amide bonds. The van der Waals surface area contributed by atoms with Crippen LogP contribution in [0.5, 0.6) is 0 Å². The first-order valence-electron chi connectivity index (χ1n) is 29.7. The minimum absolute atomic E-state index is 0.116. The first kappa shape index (κ1) is 64.7. The molecule has 404 valence electrons. The van der Waals surface area contributed by atoms with Crippen molar-refractivity contribution in [1.82, 2.24) is 19.6 Å². The highest BCUT2D eigenvalue weighted by atomic mass is 16.5. The molecule has 2 aliphatic heterocycles. The first-order valence-corrected chi connectivity index (χ1v) is 29.7. The van der Waals surface area contributed by atoms with E-state index in [2.05, 4.69) is 47.3 Å². The summed E-state index contributed by atoms with van der Waals surface area (Å²) in [6.45, 7) is 17.0. The highest BCUT2D eigenvalue weighted by molar-refractivity contribution is 5.76. The summed E-state index contributed by atoms with van der Waals surface area (Å²) in [6, 6.07) is 0.332. The van der Waals surface area contributed by atoms with Gasteiger partial charge in [-0.1, -0.05) is 233 Å². The van der Waals surface area contributed by atoms with Crippen molar-refractivity contribution >= 4 is 11.9 Å². The molecule has 2 rings (SSSR count). The van der Waals surface area contributed by atoms with Gasteiger partial charge in [0.1, 0.15) is 12.1 Å². The average Bonchev–Trinajstić information content (AvgIpc) is 3.37. The van der Waals surface area contributed by atoms with Gasteiger partial charge in [-0.15, -0.1) is 0 Å². The van der Waals surface area contributed by atoms with Crippen molar-refractivity contribution in [3.8, 4) is 0 Å². The lowest BCUT2D eigenvalue weighted by atomic mass is 10.0. The number of hydrogen-bond acceptors (Lipinski definition) is 10. The van der Waals surface area contributed by atoms with E-state index in [1.165, 1.54) is 207 Å². The Hall–Kier alpha value is -1.30. The maximum atomic E-state index is 12.6. The normalized spacial score (nSPS) is 17.1. The summed E-state index contributed by atoms with van der Waals surface area (Å²) in [4.78, 5) is 34.7. The first-order chi connectivity index (χ1) is 33.3. The zero-order valence-electron chi connectivity index (χ0n) is 46.2. The van der Waals surface area contributed by atoms with Gasteiger partial charge in [-0.05, 0) is 25.7 Å². The van der Waals surface area contributed by atoms with Gasteiger partial charge >= 0.3 is 11.9 Å². The Morgan fingerprint density at radius 2 is 0.544 bits per heavy atom. The number of carbonyl (C=O) groups excluding carboxylic acids is 2. The maximum Gasteiger partial charge on any atom is 0.323 e. The number of nitrogens with zero attached hydrogens (tertiary/aromatic N) is 4. The molecule has 0 bridgehead atoms. The van der Waals surface area contributed by atoms with E-state index in [4.69, 9.17) is 9.47 Å². The number of hydrogen-bond donors (Lipinski definition) is 2. The van der Waals surface area contributed by atoms with Gasteiger partial charge in [0.25, 0.3) is 0 Å². The number of methoxy groups -OCH3 is 2. The fraction of sp³-hybridized carbons (Fsp3) is 0.966. The molecular formula is C58H116N4O6. The summed E-state index contributed by atoms with van der Waals surface area (Å²) in [5, 5.41) is 19.9. The van der Waals surface area contributed by atoms with Gasteiger partial charge in [0, 0.05) is 64.4 Å². The second kappa shape index (κ2) is 46.8. The fourth-order valence-electron chi connectivity index (χ4n) is 10.7. The Morgan fingerprint density at radius 3 is 0.765 bits per heavy atom. The van der Waals surface area contributed by atoms with Crippen LogP contribution in [0.3, 0.4) is 0 Å². The van der Waals surface area contributed by atoms with Crippen molar-refractivity contribution in [2.45, 2.75) is 283 Å². The fourth-order valence-corrected chi connectivity index (χ4v) is 10.7. The van der Waals surface area contributed by atoms with E-state index in [0.717, 1.165) is 90.9 Å². The number of aliphatic hydroxyl groups is 2. The molecule has 0 radical (unpaired) electrons. The second-order valence-electron chi connectivity index (χ2n) is 20.9. The zero-order chi connectivity index (χ0) is 49.7. The van der Waals surface area contributed by atoms with E-state index in [1.54, 1.807) is 0 Å². The molecule has 4 unspecified atom stereocenters. The third-order valence-electron chi connectivity index (χ3n) is 15.4. The topological polar surface area (TPSA) is 106 Å². The number of esters is 2. The van der Waals surface area contributed by atoms with Crippen LogP contribution in [0.4, 0.5) is 0 Å². The van der Waals surface area contributed by atoms with E-state index >= 15 is 0 Å². The van der Waals surface area contributed by atoms with E-state index in [0.29, 0.717) is 12.1 Å². The van der Waals surface area contributed by atoms with Crippen LogP contribution < -0.4 is 0 Å². The standard InChI is InChI=1S/C30H58N2O4.C28H58N2O2/c1-5-7-9-11-13-15-17-19-21-27(29(33)35-3)31-23-25-32(26-24-31)28(30(34)36-4)22-20-18-16-14-12-10-8-6-2;1-3-5-7-9-11-13-15-17-19-27(25-31)29-21-23-30(24-22-29)28(26-32)20-18-16-14-12-10-8-6-4-2/h27-28H,5-26H2,1-4H3;27-28,31-32H,3-26H2,1-2H3. The molecule has 2 aliphatic rings. The molecule has 2 N–H and O–H groups in total. The number of piperazine rings is 2.